The van der Waals surface area contributed by atoms with E-state index < -0.39 is 0 Å². The molecule has 0 aliphatic carbocycles. The fraction of sp³-hybridized carbons (Fsp3) is 0.917. The molecule has 0 aromatic carbocycles. The molecule has 2 rings (SSSR count). The Bertz CT molecular complexity index is 234. The zero-order valence-electron chi connectivity index (χ0n) is 9.72. The van der Waals surface area contributed by atoms with Crippen LogP contribution in [0.25, 0.3) is 0 Å². The number of carbonyl (C=O) groups excluding carboxylic acids is 1. The highest BCUT2D eigenvalue weighted by Crippen LogP contribution is 2.36. The highest BCUT2D eigenvalue weighted by molar-refractivity contribution is 5.76. The minimum Gasteiger partial charge on any atom is -0.342 e. The first-order chi connectivity index (χ1) is 7.26. The van der Waals surface area contributed by atoms with Gasteiger partial charge in [0.15, 0.2) is 0 Å². The molecule has 1 atom stereocenters. The summed E-state index contributed by atoms with van der Waals surface area (Å²) in [7, 11) is 0. The summed E-state index contributed by atoms with van der Waals surface area (Å²) in [5.74, 6) is 0.376. The van der Waals surface area contributed by atoms with E-state index in [0.29, 0.717) is 11.3 Å². The smallest absolute Gasteiger partial charge is 0.222 e. The summed E-state index contributed by atoms with van der Waals surface area (Å²) in [6.45, 7) is 6.38. The third kappa shape index (κ3) is 2.33. The lowest BCUT2D eigenvalue weighted by Gasteiger charge is -2.22. The van der Waals surface area contributed by atoms with Crippen molar-refractivity contribution in [3.8, 4) is 0 Å². The predicted octanol–water partition coefficient (Wildman–Crippen LogP) is 1.39. The summed E-state index contributed by atoms with van der Waals surface area (Å²) in [5.41, 5.74) is 0.432. The number of likely N-dealkylation sites (tertiary alicyclic amines) is 1. The maximum Gasteiger partial charge on any atom is 0.222 e. The monoisotopic (exact) mass is 210 g/mol. The van der Waals surface area contributed by atoms with Crippen molar-refractivity contribution in [3.05, 3.63) is 0 Å². The Morgan fingerprint density at radius 3 is 3.00 bits per heavy atom. The van der Waals surface area contributed by atoms with Crippen LogP contribution in [-0.4, -0.2) is 37.0 Å². The van der Waals surface area contributed by atoms with E-state index in [4.69, 9.17) is 0 Å². The number of unbranched alkanes of at least 4 members (excludes halogenated alkanes) is 1. The number of hydrogen-bond acceptors (Lipinski definition) is 2. The average molecular weight is 210 g/mol. The van der Waals surface area contributed by atoms with Crippen LogP contribution in [0, 0.1) is 5.41 Å². The molecule has 1 N–H and O–H groups in total. The molecule has 3 heteroatoms. The zero-order valence-corrected chi connectivity index (χ0v) is 9.72. The van der Waals surface area contributed by atoms with Crippen LogP contribution in [-0.2, 0) is 4.79 Å². The van der Waals surface area contributed by atoms with E-state index in [1.54, 1.807) is 0 Å². The van der Waals surface area contributed by atoms with Crippen molar-refractivity contribution in [1.82, 2.24) is 10.2 Å². The Hall–Kier alpha value is -0.570. The van der Waals surface area contributed by atoms with E-state index in [0.717, 1.165) is 45.4 Å². The average Bonchev–Trinajstić information content (AvgIpc) is 2.86. The van der Waals surface area contributed by atoms with Crippen molar-refractivity contribution in [1.29, 1.82) is 0 Å². The van der Waals surface area contributed by atoms with Crippen LogP contribution in [0.3, 0.4) is 0 Å². The second-order valence-corrected chi connectivity index (χ2v) is 5.10. The fourth-order valence-corrected chi connectivity index (χ4v) is 2.78. The van der Waals surface area contributed by atoms with Gasteiger partial charge in [0.05, 0.1) is 0 Å². The minimum atomic E-state index is 0.376. The maximum absolute atomic E-state index is 11.8. The largest absolute Gasteiger partial charge is 0.342 e. The molecular weight excluding hydrogens is 188 g/mol. The molecule has 2 aliphatic heterocycles. The molecule has 1 spiro atoms. The van der Waals surface area contributed by atoms with Gasteiger partial charge in [0.1, 0.15) is 0 Å². The lowest BCUT2D eigenvalue weighted by atomic mass is 9.86. The van der Waals surface area contributed by atoms with Crippen LogP contribution in [0.2, 0.25) is 0 Å². The highest BCUT2D eigenvalue weighted by Gasteiger charge is 2.41. The second-order valence-electron chi connectivity index (χ2n) is 5.10. The standard InChI is InChI=1S/C12H22N2O/c1-2-3-4-11(15)14-8-6-12(10-14)5-7-13-9-12/h13H,2-10H2,1H3. The van der Waals surface area contributed by atoms with E-state index in [2.05, 4.69) is 17.1 Å². The van der Waals surface area contributed by atoms with Crippen LogP contribution < -0.4 is 5.32 Å². The lowest BCUT2D eigenvalue weighted by Crippen LogP contribution is -2.33. The first kappa shape index (κ1) is 10.9. The fourth-order valence-electron chi connectivity index (χ4n) is 2.78. The molecule has 0 bridgehead atoms. The molecule has 2 aliphatic rings. The van der Waals surface area contributed by atoms with Gasteiger partial charge < -0.3 is 10.2 Å². The number of amides is 1. The Morgan fingerprint density at radius 2 is 2.33 bits per heavy atom. The van der Waals surface area contributed by atoms with Gasteiger partial charge in [-0.1, -0.05) is 13.3 Å². The molecular formula is C12H22N2O. The van der Waals surface area contributed by atoms with E-state index >= 15 is 0 Å². The molecule has 3 nitrogen and oxygen atoms in total. The number of nitrogens with zero attached hydrogens (tertiary/aromatic N) is 1. The Balaban J connectivity index is 1.83. The summed E-state index contributed by atoms with van der Waals surface area (Å²) in [4.78, 5) is 13.9. The van der Waals surface area contributed by atoms with E-state index in [1.807, 2.05) is 0 Å². The molecule has 0 radical (unpaired) electrons. The molecule has 15 heavy (non-hydrogen) atoms. The summed E-state index contributed by atoms with van der Waals surface area (Å²) in [6.07, 6.45) is 5.37. The van der Waals surface area contributed by atoms with Crippen molar-refractivity contribution >= 4 is 5.91 Å². The minimum absolute atomic E-state index is 0.376. The van der Waals surface area contributed by atoms with Gasteiger partial charge in [-0.15, -0.1) is 0 Å². The topological polar surface area (TPSA) is 32.3 Å². The molecule has 2 heterocycles. The molecule has 1 amide bonds. The van der Waals surface area contributed by atoms with Gasteiger partial charge in [-0.25, -0.2) is 0 Å². The number of rotatable bonds is 3. The van der Waals surface area contributed by atoms with E-state index in [9.17, 15) is 4.79 Å². The lowest BCUT2D eigenvalue weighted by molar-refractivity contribution is -0.130. The normalized spacial score (nSPS) is 30.3. The molecule has 0 saturated carbocycles. The third-order valence-corrected chi connectivity index (χ3v) is 3.87. The summed E-state index contributed by atoms with van der Waals surface area (Å²) in [5, 5.41) is 3.42. The van der Waals surface area contributed by atoms with Gasteiger partial charge >= 0.3 is 0 Å². The third-order valence-electron chi connectivity index (χ3n) is 3.87. The van der Waals surface area contributed by atoms with E-state index in [1.165, 1.54) is 12.8 Å². The Kier molecular flexibility index (Phi) is 3.29. The van der Waals surface area contributed by atoms with Crippen molar-refractivity contribution < 1.29 is 4.79 Å². The summed E-state index contributed by atoms with van der Waals surface area (Å²) < 4.78 is 0. The van der Waals surface area contributed by atoms with Crippen LogP contribution >= 0.6 is 0 Å². The van der Waals surface area contributed by atoms with Crippen LogP contribution in [0.5, 0.6) is 0 Å². The Labute approximate surface area is 92.2 Å². The molecule has 0 aromatic rings. The highest BCUT2D eigenvalue weighted by atomic mass is 16.2. The van der Waals surface area contributed by atoms with Gasteiger partial charge in [0.2, 0.25) is 5.91 Å². The SMILES string of the molecule is CCCCC(=O)N1CCC2(CCNC2)C1. The summed E-state index contributed by atoms with van der Waals surface area (Å²) >= 11 is 0. The predicted molar refractivity (Wildman–Crippen MR) is 60.6 cm³/mol. The molecule has 2 fully saturated rings. The van der Waals surface area contributed by atoms with Crippen LogP contribution in [0.15, 0.2) is 0 Å². The van der Waals surface area contributed by atoms with Crippen molar-refractivity contribution in [3.63, 3.8) is 0 Å². The van der Waals surface area contributed by atoms with Gasteiger partial charge in [0, 0.05) is 31.5 Å². The van der Waals surface area contributed by atoms with Crippen molar-refractivity contribution in [2.24, 2.45) is 5.41 Å². The van der Waals surface area contributed by atoms with Gasteiger partial charge in [0.25, 0.3) is 0 Å². The number of hydrogen-bond donors (Lipinski definition) is 1. The summed E-state index contributed by atoms with van der Waals surface area (Å²) in [6, 6.07) is 0. The van der Waals surface area contributed by atoms with Gasteiger partial charge in [-0.2, -0.15) is 0 Å². The zero-order chi connectivity index (χ0) is 10.7. The molecule has 1 unspecified atom stereocenters. The van der Waals surface area contributed by atoms with Crippen LogP contribution in [0.1, 0.15) is 39.0 Å². The van der Waals surface area contributed by atoms with Crippen LogP contribution in [0.4, 0.5) is 0 Å². The molecule has 0 aromatic heterocycles. The first-order valence-electron chi connectivity index (χ1n) is 6.24. The first-order valence-corrected chi connectivity index (χ1v) is 6.24. The van der Waals surface area contributed by atoms with Gasteiger partial charge in [-0.05, 0) is 25.8 Å². The molecule has 2 saturated heterocycles. The van der Waals surface area contributed by atoms with E-state index in [-0.39, 0.29) is 0 Å². The number of nitrogens with one attached hydrogen (secondary N) is 1. The molecule has 86 valence electrons. The van der Waals surface area contributed by atoms with Crippen molar-refractivity contribution in [2.45, 2.75) is 39.0 Å². The second kappa shape index (κ2) is 4.52. The Morgan fingerprint density at radius 1 is 1.47 bits per heavy atom. The van der Waals surface area contributed by atoms with Gasteiger partial charge in [-0.3, -0.25) is 4.79 Å². The maximum atomic E-state index is 11.8. The quantitative estimate of drug-likeness (QED) is 0.763. The number of carbonyl (C=O) groups is 1. The van der Waals surface area contributed by atoms with Crippen molar-refractivity contribution in [2.75, 3.05) is 26.2 Å².